The molecule has 2 rings (SSSR count). The van der Waals surface area contributed by atoms with Gasteiger partial charge in [-0.1, -0.05) is 0 Å². The maximum absolute atomic E-state index is 11.3. The molecule has 0 atom stereocenters. The van der Waals surface area contributed by atoms with Gasteiger partial charge in [0.1, 0.15) is 5.69 Å². The van der Waals surface area contributed by atoms with Crippen molar-refractivity contribution in [3.63, 3.8) is 0 Å². The largest absolute Gasteiger partial charge is 0.464 e. The molecule has 0 saturated heterocycles. The second-order valence-corrected chi connectivity index (χ2v) is 3.60. The van der Waals surface area contributed by atoms with Gasteiger partial charge in [0.25, 0.3) is 5.69 Å². The van der Waals surface area contributed by atoms with Crippen LogP contribution < -0.4 is 0 Å². The molecule has 0 amide bonds. The highest BCUT2D eigenvalue weighted by Crippen LogP contribution is 2.23. The summed E-state index contributed by atoms with van der Waals surface area (Å²) in [5, 5.41) is 10.5. The third-order valence-electron chi connectivity index (χ3n) is 2.50. The second kappa shape index (κ2) is 4.70. The highest BCUT2D eigenvalue weighted by atomic mass is 16.6. The van der Waals surface area contributed by atoms with Gasteiger partial charge in [-0.05, 0) is 23.8 Å². The number of rotatable bonds is 3. The van der Waals surface area contributed by atoms with E-state index in [9.17, 15) is 14.9 Å². The number of nitro benzene ring substituents is 1. The van der Waals surface area contributed by atoms with Gasteiger partial charge in [0.15, 0.2) is 0 Å². The Morgan fingerprint density at radius 1 is 1.28 bits per heavy atom. The number of non-ortho nitro benzene ring substituents is 1. The number of H-pyrrole nitrogens is 1. The van der Waals surface area contributed by atoms with E-state index in [0.29, 0.717) is 5.69 Å². The van der Waals surface area contributed by atoms with E-state index < -0.39 is 10.9 Å². The zero-order chi connectivity index (χ0) is 13.1. The first kappa shape index (κ1) is 11.8. The van der Waals surface area contributed by atoms with Crippen LogP contribution in [0.15, 0.2) is 36.5 Å². The summed E-state index contributed by atoms with van der Waals surface area (Å²) in [5.74, 6) is -0.455. The quantitative estimate of drug-likeness (QED) is 0.511. The average Bonchev–Trinajstić information content (AvgIpc) is 2.87. The lowest BCUT2D eigenvalue weighted by molar-refractivity contribution is -0.384. The molecule has 6 heteroatoms. The fourth-order valence-corrected chi connectivity index (χ4v) is 1.56. The lowest BCUT2D eigenvalue weighted by Gasteiger charge is -1.96. The number of methoxy groups -OCH3 is 1. The van der Waals surface area contributed by atoms with Crippen molar-refractivity contribution in [3.05, 3.63) is 52.3 Å². The van der Waals surface area contributed by atoms with Crippen LogP contribution >= 0.6 is 0 Å². The number of nitrogens with zero attached hydrogens (tertiary/aromatic N) is 1. The summed E-state index contributed by atoms with van der Waals surface area (Å²) in [7, 11) is 1.30. The Balaban J connectivity index is 2.29. The number of benzene rings is 1. The molecular formula is C12H10N2O4. The van der Waals surface area contributed by atoms with Crippen LogP contribution in [-0.4, -0.2) is 23.0 Å². The maximum atomic E-state index is 11.3. The molecular weight excluding hydrogens is 236 g/mol. The van der Waals surface area contributed by atoms with Gasteiger partial charge in [-0.3, -0.25) is 10.1 Å². The van der Waals surface area contributed by atoms with Gasteiger partial charge in [-0.15, -0.1) is 0 Å². The van der Waals surface area contributed by atoms with Crippen molar-refractivity contribution in [2.24, 2.45) is 0 Å². The van der Waals surface area contributed by atoms with Crippen LogP contribution in [0.2, 0.25) is 0 Å². The molecule has 0 fully saturated rings. The van der Waals surface area contributed by atoms with Crippen molar-refractivity contribution in [1.82, 2.24) is 4.98 Å². The molecule has 0 aliphatic heterocycles. The normalized spacial score (nSPS) is 10.1. The van der Waals surface area contributed by atoms with Gasteiger partial charge >= 0.3 is 5.97 Å². The standard InChI is InChI=1S/C12H10N2O4/c1-18-12(15)11-6-9(7-13-11)8-2-4-10(5-3-8)14(16)17/h2-7,13H,1H3. The first-order chi connectivity index (χ1) is 8.61. The average molecular weight is 246 g/mol. The molecule has 1 heterocycles. The highest BCUT2D eigenvalue weighted by molar-refractivity contribution is 5.89. The smallest absolute Gasteiger partial charge is 0.354 e. The SMILES string of the molecule is COC(=O)c1cc(-c2ccc([N+](=O)[O-])cc2)c[nH]1. The van der Waals surface area contributed by atoms with E-state index in [2.05, 4.69) is 9.72 Å². The van der Waals surface area contributed by atoms with Crippen LogP contribution in [0.1, 0.15) is 10.5 Å². The number of esters is 1. The van der Waals surface area contributed by atoms with Gasteiger partial charge in [-0.25, -0.2) is 4.79 Å². The fourth-order valence-electron chi connectivity index (χ4n) is 1.56. The van der Waals surface area contributed by atoms with Crippen molar-refractivity contribution in [2.45, 2.75) is 0 Å². The molecule has 0 bridgehead atoms. The van der Waals surface area contributed by atoms with Crippen LogP contribution in [0.4, 0.5) is 5.69 Å². The molecule has 0 radical (unpaired) electrons. The minimum atomic E-state index is -0.458. The minimum Gasteiger partial charge on any atom is -0.464 e. The van der Waals surface area contributed by atoms with Gasteiger partial charge in [0.05, 0.1) is 12.0 Å². The molecule has 1 aromatic carbocycles. The molecule has 0 aliphatic carbocycles. The second-order valence-electron chi connectivity index (χ2n) is 3.60. The van der Waals surface area contributed by atoms with Gasteiger partial charge in [-0.2, -0.15) is 0 Å². The lowest BCUT2D eigenvalue weighted by atomic mass is 10.1. The number of carbonyl (C=O) groups is 1. The van der Waals surface area contributed by atoms with Crippen molar-refractivity contribution in [2.75, 3.05) is 7.11 Å². The zero-order valence-corrected chi connectivity index (χ0v) is 9.54. The van der Waals surface area contributed by atoms with E-state index >= 15 is 0 Å². The summed E-state index contributed by atoms with van der Waals surface area (Å²) in [4.78, 5) is 24.1. The van der Waals surface area contributed by atoms with Crippen LogP contribution in [0.5, 0.6) is 0 Å². The molecule has 0 unspecified atom stereocenters. The van der Waals surface area contributed by atoms with E-state index in [0.717, 1.165) is 11.1 Å². The number of nitro groups is 1. The maximum Gasteiger partial charge on any atom is 0.354 e. The van der Waals surface area contributed by atoms with Gasteiger partial charge < -0.3 is 9.72 Å². The third-order valence-corrected chi connectivity index (χ3v) is 2.50. The number of aromatic amines is 1. The first-order valence-electron chi connectivity index (χ1n) is 5.13. The van der Waals surface area contributed by atoms with E-state index in [1.54, 1.807) is 24.4 Å². The highest BCUT2D eigenvalue weighted by Gasteiger charge is 2.10. The Labute approximate surface area is 102 Å². The number of hydrogen-bond acceptors (Lipinski definition) is 4. The Bertz CT molecular complexity index is 586. The number of hydrogen-bond donors (Lipinski definition) is 1. The zero-order valence-electron chi connectivity index (χ0n) is 9.54. The Kier molecular flexibility index (Phi) is 3.09. The van der Waals surface area contributed by atoms with E-state index in [-0.39, 0.29) is 5.69 Å². The molecule has 92 valence electrons. The van der Waals surface area contributed by atoms with Crippen molar-refractivity contribution in [3.8, 4) is 11.1 Å². The number of nitrogens with one attached hydrogen (secondary N) is 1. The monoisotopic (exact) mass is 246 g/mol. The molecule has 2 aromatic rings. The van der Waals surface area contributed by atoms with Crippen molar-refractivity contribution >= 4 is 11.7 Å². The van der Waals surface area contributed by atoms with Crippen molar-refractivity contribution < 1.29 is 14.5 Å². The molecule has 1 N–H and O–H groups in total. The van der Waals surface area contributed by atoms with Crippen LogP contribution in [0.25, 0.3) is 11.1 Å². The number of carbonyl (C=O) groups excluding carboxylic acids is 1. The summed E-state index contributed by atoms with van der Waals surface area (Å²) in [6.07, 6.45) is 1.65. The molecule has 0 aliphatic rings. The van der Waals surface area contributed by atoms with Gasteiger partial charge in [0, 0.05) is 23.9 Å². The van der Waals surface area contributed by atoms with Crippen LogP contribution in [0.3, 0.4) is 0 Å². The Morgan fingerprint density at radius 3 is 2.50 bits per heavy atom. The first-order valence-corrected chi connectivity index (χ1v) is 5.13. The van der Waals surface area contributed by atoms with E-state index in [4.69, 9.17) is 0 Å². The Hall–Kier alpha value is -2.63. The lowest BCUT2D eigenvalue weighted by Crippen LogP contribution is -2.00. The van der Waals surface area contributed by atoms with E-state index in [1.807, 2.05) is 0 Å². The molecule has 0 saturated carbocycles. The molecule has 18 heavy (non-hydrogen) atoms. The molecule has 1 aromatic heterocycles. The number of ether oxygens (including phenoxy) is 1. The summed E-state index contributed by atoms with van der Waals surface area (Å²) in [6.45, 7) is 0. The predicted molar refractivity (Wildman–Crippen MR) is 64.2 cm³/mol. The van der Waals surface area contributed by atoms with Gasteiger partial charge in [0.2, 0.25) is 0 Å². The summed E-state index contributed by atoms with van der Waals surface area (Å²) in [5.41, 5.74) is 1.92. The minimum absolute atomic E-state index is 0.0301. The van der Waals surface area contributed by atoms with Crippen LogP contribution in [0, 0.1) is 10.1 Å². The van der Waals surface area contributed by atoms with Crippen molar-refractivity contribution in [1.29, 1.82) is 0 Å². The summed E-state index contributed by atoms with van der Waals surface area (Å²) >= 11 is 0. The predicted octanol–water partition coefficient (Wildman–Crippen LogP) is 2.38. The Morgan fingerprint density at radius 2 is 1.94 bits per heavy atom. The summed E-state index contributed by atoms with van der Waals surface area (Å²) < 4.78 is 4.58. The molecule has 6 nitrogen and oxygen atoms in total. The van der Waals surface area contributed by atoms with E-state index in [1.165, 1.54) is 19.2 Å². The third kappa shape index (κ3) is 2.22. The van der Waals surface area contributed by atoms with Crippen LogP contribution in [-0.2, 0) is 4.74 Å². The summed E-state index contributed by atoms with van der Waals surface area (Å²) in [6, 6.07) is 7.72. The topological polar surface area (TPSA) is 85.2 Å². The molecule has 0 spiro atoms. The fraction of sp³-hybridized carbons (Fsp3) is 0.0833. The number of aromatic nitrogens is 1.